The van der Waals surface area contributed by atoms with Gasteiger partial charge in [0.15, 0.2) is 0 Å². The van der Waals surface area contributed by atoms with Gasteiger partial charge in [0, 0.05) is 0 Å². The third kappa shape index (κ3) is 1.38. The Labute approximate surface area is 86.6 Å². The van der Waals surface area contributed by atoms with Crippen LogP contribution in [-0.4, -0.2) is 4.98 Å². The van der Waals surface area contributed by atoms with Crippen molar-refractivity contribution in [2.45, 2.75) is 26.7 Å². The second kappa shape index (κ2) is 3.24. The summed E-state index contributed by atoms with van der Waals surface area (Å²) < 4.78 is 1.10. The summed E-state index contributed by atoms with van der Waals surface area (Å²) in [5.41, 5.74) is 3.42. The average Bonchev–Trinajstić information content (AvgIpc) is 2.47. The van der Waals surface area contributed by atoms with Crippen molar-refractivity contribution < 1.29 is 0 Å². The Morgan fingerprint density at radius 1 is 1.36 bits per heavy atom. The van der Waals surface area contributed by atoms with Crippen LogP contribution in [-0.2, 0) is 0 Å². The topological polar surface area (TPSA) is 32.9 Å². The van der Waals surface area contributed by atoms with Gasteiger partial charge in [-0.2, -0.15) is 0 Å². The van der Waals surface area contributed by atoms with Gasteiger partial charge in [0.05, 0.1) is 10.2 Å². The number of aromatic nitrogens is 1. The molecule has 0 aliphatic rings. The Bertz CT molecular complexity index is 522. The molecule has 0 aliphatic heterocycles. The van der Waals surface area contributed by atoms with E-state index in [4.69, 9.17) is 0 Å². The Balaban J connectivity index is 2.87. The average molecular weight is 207 g/mol. The van der Waals surface area contributed by atoms with Crippen LogP contribution < -0.4 is 4.87 Å². The molecule has 1 aromatic heterocycles. The lowest BCUT2D eigenvalue weighted by Crippen LogP contribution is -1.94. The van der Waals surface area contributed by atoms with Crippen LogP contribution in [0.1, 0.15) is 30.9 Å². The van der Waals surface area contributed by atoms with Crippen molar-refractivity contribution in [3.05, 3.63) is 32.9 Å². The number of hydrogen-bond donors (Lipinski definition) is 1. The summed E-state index contributed by atoms with van der Waals surface area (Å²) >= 11 is 1.30. The van der Waals surface area contributed by atoms with Crippen LogP contribution in [0, 0.1) is 6.92 Å². The van der Waals surface area contributed by atoms with Crippen LogP contribution >= 0.6 is 11.3 Å². The lowest BCUT2D eigenvalue weighted by molar-refractivity contribution is 0.873. The quantitative estimate of drug-likeness (QED) is 0.766. The molecule has 3 heteroatoms. The van der Waals surface area contributed by atoms with Gasteiger partial charge < -0.3 is 4.98 Å². The molecule has 2 rings (SSSR count). The Morgan fingerprint density at radius 3 is 2.71 bits per heavy atom. The zero-order valence-corrected chi connectivity index (χ0v) is 9.37. The van der Waals surface area contributed by atoms with Crippen LogP contribution in [0.25, 0.3) is 10.2 Å². The van der Waals surface area contributed by atoms with Crippen molar-refractivity contribution >= 4 is 21.6 Å². The zero-order valence-electron chi connectivity index (χ0n) is 8.55. The number of aryl methyl sites for hydroxylation is 1. The second-order valence-electron chi connectivity index (χ2n) is 3.85. The van der Waals surface area contributed by atoms with Crippen molar-refractivity contribution in [3.8, 4) is 0 Å². The summed E-state index contributed by atoms with van der Waals surface area (Å²) in [7, 11) is 0. The highest BCUT2D eigenvalue weighted by Gasteiger charge is 2.09. The van der Waals surface area contributed by atoms with E-state index in [1.165, 1.54) is 22.5 Å². The van der Waals surface area contributed by atoms with Crippen LogP contribution in [0.2, 0.25) is 0 Å². The number of nitrogens with one attached hydrogen (secondary N) is 1. The third-order valence-corrected chi connectivity index (χ3v) is 3.45. The first-order valence-electron chi connectivity index (χ1n) is 4.72. The van der Waals surface area contributed by atoms with Crippen LogP contribution in [0.5, 0.6) is 0 Å². The Morgan fingerprint density at radius 2 is 2.07 bits per heavy atom. The highest BCUT2D eigenvalue weighted by molar-refractivity contribution is 7.16. The molecule has 2 nitrogen and oxygen atoms in total. The summed E-state index contributed by atoms with van der Waals surface area (Å²) in [6, 6.07) is 4.19. The standard InChI is InChI=1S/C11H13NOS/c1-6(2)8-5-4-7(3)10-9(8)12-11(13)14-10/h4-6H,1-3H3,(H,12,13). The maximum Gasteiger partial charge on any atom is 0.305 e. The molecule has 0 aliphatic carbocycles. The van der Waals surface area contributed by atoms with E-state index in [1.807, 2.05) is 6.92 Å². The molecule has 1 N–H and O–H groups in total. The third-order valence-electron chi connectivity index (χ3n) is 2.43. The van der Waals surface area contributed by atoms with Gasteiger partial charge >= 0.3 is 4.87 Å². The number of aromatic amines is 1. The maximum absolute atomic E-state index is 11.3. The van der Waals surface area contributed by atoms with Gasteiger partial charge in [0.2, 0.25) is 0 Å². The SMILES string of the molecule is Cc1ccc(C(C)C)c2[nH]c(=O)sc12. The molecule has 0 fully saturated rings. The van der Waals surface area contributed by atoms with E-state index in [2.05, 4.69) is 31.0 Å². The van der Waals surface area contributed by atoms with Gasteiger partial charge in [-0.3, -0.25) is 4.79 Å². The summed E-state index contributed by atoms with van der Waals surface area (Å²) in [5.74, 6) is 0.448. The van der Waals surface area contributed by atoms with E-state index in [9.17, 15) is 4.79 Å². The number of H-pyrrole nitrogens is 1. The van der Waals surface area contributed by atoms with Crippen LogP contribution in [0.4, 0.5) is 0 Å². The van der Waals surface area contributed by atoms with E-state index >= 15 is 0 Å². The minimum absolute atomic E-state index is 0.0381. The lowest BCUT2D eigenvalue weighted by Gasteiger charge is -2.07. The fraction of sp³-hybridized carbons (Fsp3) is 0.364. The Hall–Kier alpha value is -1.09. The largest absolute Gasteiger partial charge is 0.312 e. The molecule has 1 heterocycles. The second-order valence-corrected chi connectivity index (χ2v) is 4.83. The van der Waals surface area contributed by atoms with Crippen molar-refractivity contribution in [2.75, 3.05) is 0 Å². The van der Waals surface area contributed by atoms with Gasteiger partial charge in [-0.25, -0.2) is 0 Å². The molecular formula is C11H13NOS. The number of thiazole rings is 1. The number of fused-ring (bicyclic) bond motifs is 1. The van der Waals surface area contributed by atoms with Crippen molar-refractivity contribution in [2.24, 2.45) is 0 Å². The van der Waals surface area contributed by atoms with Crippen molar-refractivity contribution in [1.82, 2.24) is 4.98 Å². The molecule has 0 radical (unpaired) electrons. The number of hydrogen-bond acceptors (Lipinski definition) is 2. The molecule has 0 saturated carbocycles. The molecule has 2 aromatic rings. The van der Waals surface area contributed by atoms with Gasteiger partial charge in [-0.15, -0.1) is 0 Å². The van der Waals surface area contributed by atoms with Crippen molar-refractivity contribution in [3.63, 3.8) is 0 Å². The van der Waals surface area contributed by atoms with Crippen molar-refractivity contribution in [1.29, 1.82) is 0 Å². The smallest absolute Gasteiger partial charge is 0.305 e. The molecule has 74 valence electrons. The molecule has 14 heavy (non-hydrogen) atoms. The van der Waals surface area contributed by atoms with Crippen LogP contribution in [0.15, 0.2) is 16.9 Å². The van der Waals surface area contributed by atoms with E-state index in [1.54, 1.807) is 0 Å². The van der Waals surface area contributed by atoms with E-state index < -0.39 is 0 Å². The van der Waals surface area contributed by atoms with Gasteiger partial charge in [0.25, 0.3) is 0 Å². The predicted octanol–water partition coefficient (Wildman–Crippen LogP) is 3.02. The molecule has 0 spiro atoms. The summed E-state index contributed by atoms with van der Waals surface area (Å²) in [6.07, 6.45) is 0. The molecule has 0 atom stereocenters. The Kier molecular flexibility index (Phi) is 2.19. The predicted molar refractivity (Wildman–Crippen MR) is 61.3 cm³/mol. The molecule has 0 unspecified atom stereocenters. The first kappa shape index (κ1) is 9.46. The van der Waals surface area contributed by atoms with Gasteiger partial charge in [-0.05, 0) is 24.0 Å². The first-order chi connectivity index (χ1) is 6.59. The van der Waals surface area contributed by atoms with Gasteiger partial charge in [0.1, 0.15) is 0 Å². The first-order valence-corrected chi connectivity index (χ1v) is 5.53. The summed E-state index contributed by atoms with van der Waals surface area (Å²) in [4.78, 5) is 14.2. The minimum Gasteiger partial charge on any atom is -0.312 e. The van der Waals surface area contributed by atoms with E-state index in [0.717, 1.165) is 10.2 Å². The molecular weight excluding hydrogens is 194 g/mol. The molecule has 0 bridgehead atoms. The fourth-order valence-corrected chi connectivity index (χ4v) is 2.50. The van der Waals surface area contributed by atoms with Crippen LogP contribution in [0.3, 0.4) is 0 Å². The number of benzene rings is 1. The summed E-state index contributed by atoms with van der Waals surface area (Å²) in [6.45, 7) is 6.32. The highest BCUT2D eigenvalue weighted by atomic mass is 32.1. The fourth-order valence-electron chi connectivity index (χ4n) is 1.66. The van der Waals surface area contributed by atoms with E-state index in [0.29, 0.717) is 5.92 Å². The van der Waals surface area contributed by atoms with E-state index in [-0.39, 0.29) is 4.87 Å². The minimum atomic E-state index is 0.0381. The lowest BCUT2D eigenvalue weighted by atomic mass is 10.0. The molecule has 0 saturated heterocycles. The number of rotatable bonds is 1. The zero-order chi connectivity index (χ0) is 10.3. The normalized spacial score (nSPS) is 11.4. The molecule has 0 amide bonds. The monoisotopic (exact) mass is 207 g/mol. The van der Waals surface area contributed by atoms with Gasteiger partial charge in [-0.1, -0.05) is 37.3 Å². The summed E-state index contributed by atoms with van der Waals surface area (Å²) in [5, 5.41) is 0. The molecule has 1 aromatic carbocycles. The highest BCUT2D eigenvalue weighted by Crippen LogP contribution is 2.27. The maximum atomic E-state index is 11.3.